The molecule has 0 bridgehead atoms. The lowest BCUT2D eigenvalue weighted by Gasteiger charge is -2.13. The fourth-order valence-electron chi connectivity index (χ4n) is 6.02. The summed E-state index contributed by atoms with van der Waals surface area (Å²) >= 11 is 0. The highest BCUT2D eigenvalue weighted by Crippen LogP contribution is 2.39. The van der Waals surface area contributed by atoms with Crippen LogP contribution in [0.1, 0.15) is 5.56 Å². The highest BCUT2D eigenvalue weighted by Gasteiger charge is 2.13. The Bertz CT molecular complexity index is 2380. The number of aromatic nitrogens is 4. The molecule has 0 unspecified atom stereocenters. The van der Waals surface area contributed by atoms with Gasteiger partial charge in [0, 0.05) is 23.5 Å². The van der Waals surface area contributed by atoms with Gasteiger partial charge in [0.1, 0.15) is 0 Å². The maximum Gasteiger partial charge on any atom is 0.190 e. The second-order valence-electron chi connectivity index (χ2n) is 10.9. The van der Waals surface area contributed by atoms with Crippen LogP contribution in [-0.4, -0.2) is 19.9 Å². The van der Waals surface area contributed by atoms with Gasteiger partial charge in [-0.25, -0.2) is 14.8 Å². The van der Waals surface area contributed by atoms with Gasteiger partial charge >= 0.3 is 0 Å². The normalized spacial score (nSPS) is 11.0. The van der Waals surface area contributed by atoms with Crippen LogP contribution in [-0.2, 0) is 0 Å². The summed E-state index contributed by atoms with van der Waals surface area (Å²) < 4.78 is 0. The van der Waals surface area contributed by atoms with Crippen LogP contribution in [0.4, 0.5) is 5.69 Å². The quantitative estimate of drug-likeness (QED) is 0.151. The van der Waals surface area contributed by atoms with Crippen LogP contribution in [0.3, 0.4) is 0 Å². The SMILES string of the molecule is [C-]#[N+]c1ccnc(-c2cccc(-c3ccc4c5ccc(-c6cccc(-c7cc(C#N)ccn7)n6)cc5c5ccccc5c4c3)n2)c1. The number of benzene rings is 4. The van der Waals surface area contributed by atoms with E-state index in [1.165, 1.54) is 0 Å². The molecule has 0 saturated carbocycles. The third kappa shape index (κ3) is 4.68. The Kier molecular flexibility index (Phi) is 6.45. The van der Waals surface area contributed by atoms with Gasteiger partial charge in [-0.2, -0.15) is 5.26 Å². The van der Waals surface area contributed by atoms with Gasteiger partial charge in [-0.3, -0.25) is 9.97 Å². The zero-order valence-electron chi connectivity index (χ0n) is 24.4. The van der Waals surface area contributed by atoms with Gasteiger partial charge in [-0.05, 0) is 93.0 Å². The summed E-state index contributed by atoms with van der Waals surface area (Å²) in [6, 6.07) is 42.4. The van der Waals surface area contributed by atoms with Crippen LogP contribution in [0.25, 0.3) is 82.5 Å². The number of fused-ring (bicyclic) bond motifs is 6. The van der Waals surface area contributed by atoms with Crippen molar-refractivity contribution >= 4 is 38.0 Å². The number of nitrogens with zero attached hydrogens (tertiary/aromatic N) is 6. The lowest BCUT2D eigenvalue weighted by molar-refractivity contribution is 1.24. The Morgan fingerprint density at radius 1 is 0.478 bits per heavy atom. The van der Waals surface area contributed by atoms with Crippen molar-refractivity contribution in [1.29, 1.82) is 5.26 Å². The van der Waals surface area contributed by atoms with Crippen LogP contribution < -0.4 is 0 Å². The van der Waals surface area contributed by atoms with Crippen molar-refractivity contribution < 1.29 is 0 Å². The van der Waals surface area contributed by atoms with Crippen molar-refractivity contribution in [2.45, 2.75) is 0 Å². The Hall–Kier alpha value is -6.76. The molecule has 4 heterocycles. The molecular formula is C40H22N6. The van der Waals surface area contributed by atoms with Crippen LogP contribution in [0.2, 0.25) is 0 Å². The van der Waals surface area contributed by atoms with E-state index in [-0.39, 0.29) is 0 Å². The van der Waals surface area contributed by atoms with Gasteiger partial charge in [-0.15, -0.1) is 0 Å². The maximum atomic E-state index is 9.34. The fraction of sp³-hybridized carbons (Fsp3) is 0. The number of nitriles is 1. The van der Waals surface area contributed by atoms with Gasteiger partial charge in [-0.1, -0.05) is 60.7 Å². The molecule has 4 aromatic heterocycles. The molecule has 46 heavy (non-hydrogen) atoms. The molecule has 6 heteroatoms. The number of hydrogen-bond acceptors (Lipinski definition) is 5. The molecule has 0 saturated heterocycles. The lowest BCUT2D eigenvalue weighted by Crippen LogP contribution is -1.92. The van der Waals surface area contributed by atoms with Gasteiger partial charge in [0.05, 0.1) is 52.4 Å². The maximum absolute atomic E-state index is 9.34. The van der Waals surface area contributed by atoms with Crippen LogP contribution in [0, 0.1) is 17.9 Å². The lowest BCUT2D eigenvalue weighted by atomic mass is 9.91. The standard InChI is InChI=1S/C40H22N6/c1-42-28-17-19-44-40(23-28)38-11-5-9-36(46-38)27-13-15-32-31-14-12-26(21-33(31)29-6-2-3-7-30(29)34(32)22-27)35-8-4-10-37(45-35)39-20-25(24-41)16-18-43-39/h2-23H. The molecule has 0 atom stereocenters. The fourth-order valence-corrected chi connectivity index (χ4v) is 6.02. The average molecular weight is 587 g/mol. The summed E-state index contributed by atoms with van der Waals surface area (Å²) in [6.07, 6.45) is 3.29. The monoisotopic (exact) mass is 586 g/mol. The molecule has 8 aromatic rings. The van der Waals surface area contributed by atoms with E-state index in [2.05, 4.69) is 81.5 Å². The van der Waals surface area contributed by atoms with Gasteiger partial charge in [0.15, 0.2) is 5.69 Å². The minimum Gasteiger partial charge on any atom is -0.257 e. The van der Waals surface area contributed by atoms with E-state index in [1.54, 1.807) is 36.7 Å². The van der Waals surface area contributed by atoms with E-state index in [0.29, 0.717) is 22.6 Å². The molecule has 6 nitrogen and oxygen atoms in total. The molecule has 8 rings (SSSR count). The molecule has 212 valence electrons. The van der Waals surface area contributed by atoms with Crippen LogP contribution >= 0.6 is 0 Å². The zero-order valence-corrected chi connectivity index (χ0v) is 24.4. The average Bonchev–Trinajstić information content (AvgIpc) is 3.14. The highest BCUT2D eigenvalue weighted by atomic mass is 14.8. The molecule has 0 N–H and O–H groups in total. The summed E-state index contributed by atoms with van der Waals surface area (Å²) in [5, 5.41) is 16.3. The predicted octanol–water partition coefficient (Wildman–Crippen LogP) is 9.82. The van der Waals surface area contributed by atoms with Crippen molar-refractivity contribution in [1.82, 2.24) is 19.9 Å². The molecule has 4 aromatic carbocycles. The van der Waals surface area contributed by atoms with Crippen molar-refractivity contribution in [3.63, 3.8) is 0 Å². The Labute approximate surface area is 264 Å². The van der Waals surface area contributed by atoms with Gasteiger partial charge in [0.2, 0.25) is 0 Å². The van der Waals surface area contributed by atoms with Crippen molar-refractivity contribution in [2.75, 3.05) is 0 Å². The molecule has 0 amide bonds. The van der Waals surface area contributed by atoms with E-state index in [0.717, 1.165) is 66.2 Å². The first-order valence-corrected chi connectivity index (χ1v) is 14.7. The van der Waals surface area contributed by atoms with Crippen molar-refractivity contribution in [3.05, 3.63) is 151 Å². The number of rotatable bonds is 4. The van der Waals surface area contributed by atoms with Crippen LogP contribution in [0.5, 0.6) is 0 Å². The molecular weight excluding hydrogens is 564 g/mol. The first-order valence-electron chi connectivity index (χ1n) is 14.7. The third-order valence-electron chi connectivity index (χ3n) is 8.21. The molecule has 0 aliphatic rings. The Balaban J connectivity index is 1.25. The summed E-state index contributed by atoms with van der Waals surface area (Å²) in [5.74, 6) is 0. The number of pyridine rings is 4. The van der Waals surface area contributed by atoms with Crippen molar-refractivity contribution in [2.24, 2.45) is 0 Å². The third-order valence-corrected chi connectivity index (χ3v) is 8.21. The molecule has 0 fully saturated rings. The second-order valence-corrected chi connectivity index (χ2v) is 10.9. The van der Waals surface area contributed by atoms with E-state index in [4.69, 9.17) is 16.5 Å². The van der Waals surface area contributed by atoms with Gasteiger partial charge in [0.25, 0.3) is 0 Å². The first kappa shape index (κ1) is 26.8. The molecule has 0 aliphatic carbocycles. The summed E-state index contributed by atoms with van der Waals surface area (Å²) in [5.41, 5.74) is 7.57. The highest BCUT2D eigenvalue weighted by molar-refractivity contribution is 6.26. The first-order chi connectivity index (χ1) is 22.7. The minimum absolute atomic E-state index is 0.537. The van der Waals surface area contributed by atoms with Gasteiger partial charge < -0.3 is 0 Å². The predicted molar refractivity (Wildman–Crippen MR) is 183 cm³/mol. The second kappa shape index (κ2) is 11.1. The number of hydrogen-bond donors (Lipinski definition) is 0. The topological polar surface area (TPSA) is 79.7 Å². The van der Waals surface area contributed by atoms with Crippen molar-refractivity contribution in [3.8, 4) is 51.4 Å². The summed E-state index contributed by atoms with van der Waals surface area (Å²) in [6.45, 7) is 7.35. The molecule has 0 radical (unpaired) electrons. The van der Waals surface area contributed by atoms with E-state index >= 15 is 0 Å². The molecule has 0 spiro atoms. The van der Waals surface area contributed by atoms with Crippen LogP contribution in [0.15, 0.2) is 134 Å². The minimum atomic E-state index is 0.537. The van der Waals surface area contributed by atoms with E-state index in [9.17, 15) is 5.26 Å². The Morgan fingerprint density at radius 2 is 1.00 bits per heavy atom. The molecule has 0 aliphatic heterocycles. The summed E-state index contributed by atoms with van der Waals surface area (Å²) in [7, 11) is 0. The summed E-state index contributed by atoms with van der Waals surface area (Å²) in [4.78, 5) is 22.3. The van der Waals surface area contributed by atoms with E-state index < -0.39 is 0 Å². The smallest absolute Gasteiger partial charge is 0.190 e. The largest absolute Gasteiger partial charge is 0.257 e. The Morgan fingerprint density at radius 3 is 1.57 bits per heavy atom. The van der Waals surface area contributed by atoms with E-state index in [1.807, 2.05) is 36.4 Å². The zero-order chi connectivity index (χ0) is 31.0.